The van der Waals surface area contributed by atoms with Crippen LogP contribution in [0.15, 0.2) is 0 Å². The molecule has 0 rings (SSSR count). The van der Waals surface area contributed by atoms with E-state index in [2.05, 4.69) is 0 Å². The summed E-state index contributed by atoms with van der Waals surface area (Å²) in [5.74, 6) is -2.36. The van der Waals surface area contributed by atoms with Gasteiger partial charge in [0.05, 0.1) is 0 Å². The molecule has 0 aromatic rings. The van der Waals surface area contributed by atoms with Gasteiger partial charge in [-0.05, 0) is 6.42 Å². The van der Waals surface area contributed by atoms with E-state index in [1.54, 1.807) is 0 Å². The van der Waals surface area contributed by atoms with Gasteiger partial charge in [0.2, 0.25) is 0 Å². The Hall–Kier alpha value is 0.140. The third-order valence-corrected chi connectivity index (χ3v) is 0.985. The predicted molar refractivity (Wildman–Crippen MR) is 29.5 cm³/mol. The third-order valence-electron chi connectivity index (χ3n) is 0.985. The predicted octanol–water partition coefficient (Wildman–Crippen LogP) is -3.50. The Labute approximate surface area is 82.1 Å². The Morgan fingerprint density at radius 1 is 1.40 bits per heavy atom. The maximum atomic E-state index is 10.2. The summed E-state index contributed by atoms with van der Waals surface area (Å²) in [7, 11) is 0. The maximum Gasteiger partial charge on any atom is 1.00 e. The molecule has 0 bridgehead atoms. The first-order valence-corrected chi connectivity index (χ1v) is 2.92. The monoisotopic (exact) mass is 152 g/mol. The van der Waals surface area contributed by atoms with Crippen LogP contribution in [-0.4, -0.2) is 11.8 Å². The molecule has 10 heavy (non-hydrogen) atoms. The first-order valence-electron chi connectivity index (χ1n) is 2.92. The van der Waals surface area contributed by atoms with E-state index in [0.29, 0.717) is 6.42 Å². The second-order valence-electron chi connectivity index (χ2n) is 1.81. The van der Waals surface area contributed by atoms with Crippen LogP contribution in [0.2, 0.25) is 0 Å². The molecule has 0 heterocycles. The molecule has 0 aliphatic rings. The molecule has 0 aromatic heterocycles. The van der Waals surface area contributed by atoms with Crippen molar-refractivity contribution < 1.29 is 44.3 Å². The normalized spacial score (nSPS) is 8.10. The number of rotatable bonds is 4. The maximum absolute atomic E-state index is 10.2. The molecule has 52 valence electrons. The molecule has 0 N–H and O–H groups in total. The zero-order valence-electron chi connectivity index (χ0n) is 6.35. The summed E-state index contributed by atoms with van der Waals surface area (Å²) in [6.45, 7) is 1.89. The first-order chi connectivity index (χ1) is 4.18. The van der Waals surface area contributed by atoms with Gasteiger partial charge in [0.25, 0.3) is 0 Å². The summed E-state index contributed by atoms with van der Waals surface area (Å²) < 4.78 is 0. The van der Waals surface area contributed by atoms with Crippen LogP contribution in [-0.2, 0) is 9.59 Å². The quantitative estimate of drug-likeness (QED) is 0.310. The van der Waals surface area contributed by atoms with Gasteiger partial charge in [-0.15, -0.1) is 0 Å². The summed E-state index contributed by atoms with van der Waals surface area (Å²) >= 11 is 0. The zero-order chi connectivity index (χ0) is 7.28. The molecule has 0 fully saturated rings. The standard InChI is InChI=1S/C6H10O3.Na/c1-2-3-4-5(7)6(8)9;/h2-4H2,1H3,(H,8,9);/q;+1/p-1. The number of ketones is 1. The number of hydrogen-bond donors (Lipinski definition) is 0. The third kappa shape index (κ3) is 6.26. The van der Waals surface area contributed by atoms with Crippen molar-refractivity contribution in [1.82, 2.24) is 0 Å². The molecule has 4 heteroatoms. The number of aliphatic carboxylic acids is 1. The van der Waals surface area contributed by atoms with Gasteiger partial charge in [0.15, 0.2) is 5.78 Å². The van der Waals surface area contributed by atoms with Gasteiger partial charge in [0, 0.05) is 6.42 Å². The van der Waals surface area contributed by atoms with Crippen molar-refractivity contribution in [1.29, 1.82) is 0 Å². The average molecular weight is 152 g/mol. The van der Waals surface area contributed by atoms with Crippen molar-refractivity contribution in [3.63, 3.8) is 0 Å². The molecule has 0 saturated carbocycles. The molecule has 0 saturated heterocycles. The van der Waals surface area contributed by atoms with E-state index in [-0.39, 0.29) is 36.0 Å². The SMILES string of the molecule is CCCCC(=O)C(=O)[O-].[Na+]. The number of Topliss-reactive ketones (excluding diaryl/α,β-unsaturated/α-hetero) is 1. The van der Waals surface area contributed by atoms with Crippen LogP contribution in [0.5, 0.6) is 0 Å². The van der Waals surface area contributed by atoms with Crippen LogP contribution >= 0.6 is 0 Å². The van der Waals surface area contributed by atoms with E-state index in [1.165, 1.54) is 0 Å². The van der Waals surface area contributed by atoms with Gasteiger partial charge in [-0.1, -0.05) is 13.3 Å². The Balaban J connectivity index is 0. The number of carbonyl (C=O) groups is 2. The molecule has 0 aliphatic carbocycles. The smallest absolute Gasteiger partial charge is 0.542 e. The Morgan fingerprint density at radius 3 is 2.20 bits per heavy atom. The van der Waals surface area contributed by atoms with Gasteiger partial charge >= 0.3 is 29.6 Å². The van der Waals surface area contributed by atoms with Gasteiger partial charge in [-0.25, -0.2) is 0 Å². The average Bonchev–Trinajstić information content (AvgIpc) is 1.82. The van der Waals surface area contributed by atoms with E-state index in [9.17, 15) is 14.7 Å². The second kappa shape index (κ2) is 7.25. The topological polar surface area (TPSA) is 57.2 Å². The van der Waals surface area contributed by atoms with Gasteiger partial charge < -0.3 is 9.90 Å². The molecule has 0 spiro atoms. The zero-order valence-corrected chi connectivity index (χ0v) is 8.35. The van der Waals surface area contributed by atoms with Crippen LogP contribution < -0.4 is 34.7 Å². The number of carboxylic acids is 1. The minimum absolute atomic E-state index is 0. The number of unbranched alkanes of at least 4 members (excludes halogenated alkanes) is 1. The van der Waals surface area contributed by atoms with Crippen LogP contribution in [0.1, 0.15) is 26.2 Å². The summed E-state index contributed by atoms with van der Waals surface area (Å²) in [4.78, 5) is 20.0. The van der Waals surface area contributed by atoms with Gasteiger partial charge in [-0.2, -0.15) is 0 Å². The minimum Gasteiger partial charge on any atom is -0.542 e. The van der Waals surface area contributed by atoms with E-state index in [0.717, 1.165) is 6.42 Å². The second-order valence-corrected chi connectivity index (χ2v) is 1.81. The molecular formula is C6H9NaO3. The van der Waals surface area contributed by atoms with Crippen molar-refractivity contribution >= 4 is 11.8 Å². The molecule has 0 aliphatic heterocycles. The molecule has 0 radical (unpaired) electrons. The number of carboxylic acid groups (broad SMARTS) is 1. The van der Waals surface area contributed by atoms with E-state index in [4.69, 9.17) is 0 Å². The molecule has 0 atom stereocenters. The van der Waals surface area contributed by atoms with E-state index < -0.39 is 11.8 Å². The molecule has 0 amide bonds. The molecule has 0 aromatic carbocycles. The number of hydrogen-bond acceptors (Lipinski definition) is 3. The molecule has 0 unspecified atom stereocenters. The van der Waals surface area contributed by atoms with Crippen molar-refractivity contribution in [2.24, 2.45) is 0 Å². The van der Waals surface area contributed by atoms with Crippen LogP contribution in [0.3, 0.4) is 0 Å². The fraction of sp³-hybridized carbons (Fsp3) is 0.667. The summed E-state index contributed by atoms with van der Waals surface area (Å²) in [6, 6.07) is 0. The Bertz CT molecular complexity index is 122. The molecule has 3 nitrogen and oxygen atoms in total. The van der Waals surface area contributed by atoms with Crippen LogP contribution in [0.25, 0.3) is 0 Å². The fourth-order valence-corrected chi connectivity index (χ4v) is 0.439. The van der Waals surface area contributed by atoms with E-state index >= 15 is 0 Å². The summed E-state index contributed by atoms with van der Waals surface area (Å²) in [5.41, 5.74) is 0. The van der Waals surface area contributed by atoms with Crippen molar-refractivity contribution in [3.8, 4) is 0 Å². The fourth-order valence-electron chi connectivity index (χ4n) is 0.439. The number of carbonyl (C=O) groups excluding carboxylic acids is 2. The van der Waals surface area contributed by atoms with Gasteiger partial charge in [0.1, 0.15) is 5.97 Å². The van der Waals surface area contributed by atoms with E-state index in [1.807, 2.05) is 6.92 Å². The van der Waals surface area contributed by atoms with Crippen molar-refractivity contribution in [2.45, 2.75) is 26.2 Å². The Kier molecular flexibility index (Phi) is 9.27. The van der Waals surface area contributed by atoms with Crippen LogP contribution in [0, 0.1) is 0 Å². The Morgan fingerprint density at radius 2 is 1.90 bits per heavy atom. The van der Waals surface area contributed by atoms with Crippen LogP contribution in [0.4, 0.5) is 0 Å². The largest absolute Gasteiger partial charge is 1.00 e. The summed E-state index contributed by atoms with van der Waals surface area (Å²) in [5, 5.41) is 9.74. The van der Waals surface area contributed by atoms with Crippen molar-refractivity contribution in [3.05, 3.63) is 0 Å². The minimum atomic E-state index is -1.57. The van der Waals surface area contributed by atoms with Crippen molar-refractivity contribution in [2.75, 3.05) is 0 Å². The summed E-state index contributed by atoms with van der Waals surface area (Å²) in [6.07, 6.45) is 1.57. The first kappa shape index (κ1) is 12.8. The van der Waals surface area contributed by atoms with Gasteiger partial charge in [-0.3, -0.25) is 4.79 Å². The molecular weight excluding hydrogens is 143 g/mol.